The average Bonchev–Trinajstić information content (AvgIpc) is 3.07. The maximum atomic E-state index is 12.2. The summed E-state index contributed by atoms with van der Waals surface area (Å²) in [4.78, 5) is 16.1. The number of rotatable bonds is 4. The molecule has 20 heavy (non-hydrogen) atoms. The number of H-pyrrole nitrogens is 1. The number of carbonyl (C=O) groups is 1. The van der Waals surface area contributed by atoms with Crippen LogP contribution in [0.5, 0.6) is 0 Å². The Hall–Kier alpha value is -2.67. The second kappa shape index (κ2) is 5.14. The fourth-order valence-corrected chi connectivity index (χ4v) is 2.00. The Morgan fingerprint density at radius 2 is 2.30 bits per heavy atom. The Labute approximate surface area is 114 Å². The predicted octanol–water partition coefficient (Wildman–Crippen LogP) is 1.95. The fraction of sp³-hybridized carbons (Fsp3) is 0.154. The molecule has 0 aliphatic heterocycles. The van der Waals surface area contributed by atoms with Gasteiger partial charge in [0, 0.05) is 18.1 Å². The standard InChI is InChI=1S/C13H12N4O3/c1-19-6-9-8-4-2-3-5-10(8)20-11(9)12(18)16-13-14-7-15-17-13/h2-5,7H,6H2,1H3,(H2,14,15,16,17,18). The molecular formula is C13H12N4O3. The zero-order valence-electron chi connectivity index (χ0n) is 10.7. The number of fused-ring (bicyclic) bond motifs is 1. The SMILES string of the molecule is COCc1c(C(=O)Nc2ncn[nH]2)oc2ccccc12. The van der Waals surface area contributed by atoms with Crippen LogP contribution >= 0.6 is 0 Å². The molecule has 0 saturated carbocycles. The summed E-state index contributed by atoms with van der Waals surface area (Å²) in [6.45, 7) is 0.288. The van der Waals surface area contributed by atoms with Crippen molar-refractivity contribution in [2.75, 3.05) is 12.4 Å². The molecule has 0 spiro atoms. The molecule has 0 aliphatic carbocycles. The average molecular weight is 272 g/mol. The van der Waals surface area contributed by atoms with Crippen LogP contribution in [0.2, 0.25) is 0 Å². The molecule has 7 heteroatoms. The predicted molar refractivity (Wildman–Crippen MR) is 71.3 cm³/mol. The molecule has 1 aromatic carbocycles. The van der Waals surface area contributed by atoms with Crippen molar-refractivity contribution in [3.63, 3.8) is 0 Å². The Bertz CT molecular complexity index is 733. The number of amides is 1. The zero-order valence-corrected chi connectivity index (χ0v) is 10.7. The van der Waals surface area contributed by atoms with Crippen LogP contribution in [0, 0.1) is 0 Å². The van der Waals surface area contributed by atoms with Crippen LogP contribution < -0.4 is 5.32 Å². The molecule has 0 unspecified atom stereocenters. The maximum Gasteiger partial charge on any atom is 0.294 e. The summed E-state index contributed by atoms with van der Waals surface area (Å²) in [5.74, 6) is 0.0771. The minimum atomic E-state index is -0.398. The van der Waals surface area contributed by atoms with Crippen molar-refractivity contribution >= 4 is 22.8 Å². The number of hydrogen-bond acceptors (Lipinski definition) is 5. The highest BCUT2D eigenvalue weighted by molar-refractivity contribution is 6.05. The van der Waals surface area contributed by atoms with Crippen molar-refractivity contribution in [1.82, 2.24) is 15.2 Å². The van der Waals surface area contributed by atoms with Crippen LogP contribution in [0.25, 0.3) is 11.0 Å². The van der Waals surface area contributed by atoms with E-state index in [1.165, 1.54) is 6.33 Å². The van der Waals surface area contributed by atoms with Gasteiger partial charge >= 0.3 is 0 Å². The summed E-state index contributed by atoms with van der Waals surface area (Å²) in [5, 5.41) is 9.66. The van der Waals surface area contributed by atoms with Crippen molar-refractivity contribution in [2.24, 2.45) is 0 Å². The van der Waals surface area contributed by atoms with Crippen molar-refractivity contribution < 1.29 is 13.9 Å². The normalized spacial score (nSPS) is 10.8. The molecule has 2 aromatic heterocycles. The van der Waals surface area contributed by atoms with Crippen LogP contribution in [0.4, 0.5) is 5.95 Å². The number of furan rings is 1. The molecule has 102 valence electrons. The van der Waals surface area contributed by atoms with E-state index in [1.54, 1.807) is 13.2 Å². The number of nitrogens with zero attached hydrogens (tertiary/aromatic N) is 2. The first-order valence-electron chi connectivity index (χ1n) is 5.95. The van der Waals surface area contributed by atoms with E-state index < -0.39 is 5.91 Å². The van der Waals surface area contributed by atoms with Gasteiger partial charge in [0.25, 0.3) is 5.91 Å². The number of aromatic nitrogens is 3. The molecule has 2 heterocycles. The van der Waals surface area contributed by atoms with Gasteiger partial charge in [-0.1, -0.05) is 18.2 Å². The van der Waals surface area contributed by atoms with E-state index in [2.05, 4.69) is 20.5 Å². The number of aromatic amines is 1. The van der Waals surface area contributed by atoms with E-state index >= 15 is 0 Å². The second-order valence-corrected chi connectivity index (χ2v) is 4.13. The molecule has 7 nitrogen and oxygen atoms in total. The molecule has 1 amide bonds. The van der Waals surface area contributed by atoms with Crippen LogP contribution in [0.3, 0.4) is 0 Å². The lowest BCUT2D eigenvalue weighted by Crippen LogP contribution is -2.14. The van der Waals surface area contributed by atoms with Gasteiger partial charge in [-0.3, -0.25) is 10.1 Å². The number of nitrogens with one attached hydrogen (secondary N) is 2. The third-order valence-corrected chi connectivity index (χ3v) is 2.84. The van der Waals surface area contributed by atoms with Gasteiger partial charge in [0.1, 0.15) is 11.9 Å². The number of anilines is 1. The zero-order chi connectivity index (χ0) is 13.9. The smallest absolute Gasteiger partial charge is 0.294 e. The Balaban J connectivity index is 2.01. The highest BCUT2D eigenvalue weighted by Crippen LogP contribution is 2.26. The van der Waals surface area contributed by atoms with E-state index in [0.29, 0.717) is 11.1 Å². The molecule has 2 N–H and O–H groups in total. The largest absolute Gasteiger partial charge is 0.451 e. The second-order valence-electron chi connectivity index (χ2n) is 4.13. The van der Waals surface area contributed by atoms with Gasteiger partial charge in [-0.15, -0.1) is 0 Å². The number of benzene rings is 1. The van der Waals surface area contributed by atoms with Crippen molar-refractivity contribution in [3.05, 3.63) is 41.9 Å². The van der Waals surface area contributed by atoms with Gasteiger partial charge in [0.15, 0.2) is 5.76 Å². The molecule has 0 saturated heterocycles. The number of ether oxygens (including phenoxy) is 1. The topological polar surface area (TPSA) is 93.0 Å². The minimum absolute atomic E-state index is 0.212. The highest BCUT2D eigenvalue weighted by atomic mass is 16.5. The Morgan fingerprint density at radius 3 is 3.05 bits per heavy atom. The molecule has 0 fully saturated rings. The summed E-state index contributed by atoms with van der Waals surface area (Å²) in [6, 6.07) is 7.42. The number of methoxy groups -OCH3 is 1. The monoisotopic (exact) mass is 272 g/mol. The molecular weight excluding hydrogens is 260 g/mol. The molecule has 3 rings (SSSR count). The summed E-state index contributed by atoms with van der Waals surface area (Å²) in [5.41, 5.74) is 1.35. The van der Waals surface area contributed by atoms with Crippen molar-refractivity contribution in [1.29, 1.82) is 0 Å². The van der Waals surface area contributed by atoms with Crippen LogP contribution in [-0.2, 0) is 11.3 Å². The lowest BCUT2D eigenvalue weighted by atomic mass is 10.1. The Morgan fingerprint density at radius 1 is 1.45 bits per heavy atom. The molecule has 0 aliphatic rings. The number of para-hydroxylation sites is 1. The lowest BCUT2D eigenvalue weighted by Gasteiger charge is -2.01. The molecule has 0 bridgehead atoms. The van der Waals surface area contributed by atoms with E-state index in [9.17, 15) is 4.79 Å². The van der Waals surface area contributed by atoms with Gasteiger partial charge in [0.2, 0.25) is 5.95 Å². The van der Waals surface area contributed by atoms with E-state index in [4.69, 9.17) is 9.15 Å². The summed E-state index contributed by atoms with van der Waals surface area (Å²) in [7, 11) is 1.57. The highest BCUT2D eigenvalue weighted by Gasteiger charge is 2.20. The first-order valence-corrected chi connectivity index (χ1v) is 5.95. The first-order chi connectivity index (χ1) is 9.79. The quantitative estimate of drug-likeness (QED) is 0.757. The van der Waals surface area contributed by atoms with Gasteiger partial charge in [-0.2, -0.15) is 10.1 Å². The van der Waals surface area contributed by atoms with Crippen LogP contribution in [0.1, 0.15) is 16.1 Å². The van der Waals surface area contributed by atoms with Crippen LogP contribution in [-0.4, -0.2) is 28.2 Å². The summed E-state index contributed by atoms with van der Waals surface area (Å²) in [6.07, 6.45) is 1.31. The summed E-state index contributed by atoms with van der Waals surface area (Å²) < 4.78 is 10.8. The maximum absolute atomic E-state index is 12.2. The molecule has 0 radical (unpaired) electrons. The fourth-order valence-electron chi connectivity index (χ4n) is 2.00. The van der Waals surface area contributed by atoms with E-state index in [-0.39, 0.29) is 18.3 Å². The van der Waals surface area contributed by atoms with Crippen LogP contribution in [0.15, 0.2) is 35.0 Å². The van der Waals surface area contributed by atoms with E-state index in [0.717, 1.165) is 5.39 Å². The third-order valence-electron chi connectivity index (χ3n) is 2.84. The van der Waals surface area contributed by atoms with Crippen molar-refractivity contribution in [3.8, 4) is 0 Å². The number of carbonyl (C=O) groups excluding carboxylic acids is 1. The van der Waals surface area contributed by atoms with Gasteiger partial charge < -0.3 is 9.15 Å². The van der Waals surface area contributed by atoms with E-state index in [1.807, 2.05) is 18.2 Å². The van der Waals surface area contributed by atoms with Gasteiger partial charge in [0.05, 0.1) is 6.61 Å². The third kappa shape index (κ3) is 2.14. The van der Waals surface area contributed by atoms with Gasteiger partial charge in [-0.05, 0) is 6.07 Å². The first kappa shape index (κ1) is 12.4. The summed E-state index contributed by atoms with van der Waals surface area (Å²) >= 11 is 0. The molecule has 3 aromatic rings. The van der Waals surface area contributed by atoms with Crippen molar-refractivity contribution in [2.45, 2.75) is 6.61 Å². The lowest BCUT2D eigenvalue weighted by molar-refractivity contribution is 0.0991. The number of hydrogen-bond donors (Lipinski definition) is 2. The van der Waals surface area contributed by atoms with Gasteiger partial charge in [-0.25, -0.2) is 5.10 Å². The molecule has 0 atom stereocenters. The minimum Gasteiger partial charge on any atom is -0.451 e. The Kier molecular flexibility index (Phi) is 3.18.